The van der Waals surface area contributed by atoms with Gasteiger partial charge in [-0.05, 0) is 12.8 Å². The molecule has 1 saturated carbocycles. The average molecular weight is 219 g/mol. The van der Waals surface area contributed by atoms with E-state index in [2.05, 4.69) is 15.0 Å². The molecule has 3 rings (SSSR count). The van der Waals surface area contributed by atoms with Gasteiger partial charge < -0.3 is 15.4 Å². The van der Waals surface area contributed by atoms with Gasteiger partial charge in [0, 0.05) is 18.6 Å². The fraction of sp³-hybridized carbons (Fsp3) is 0.500. The summed E-state index contributed by atoms with van der Waals surface area (Å²) in [7, 11) is 0. The third-order valence-electron chi connectivity index (χ3n) is 3.36. The standard InChI is InChI=1S/C10H13N5O/c11-9-8-10(13-4-12-9)15(5-14-8)7-2-1-6(7)3-16/h4-7,16H,1-3H2,(H2,11,12,13). The number of anilines is 1. The Morgan fingerprint density at radius 2 is 2.25 bits per heavy atom. The molecule has 0 aromatic carbocycles. The summed E-state index contributed by atoms with van der Waals surface area (Å²) in [6, 6.07) is 0.296. The number of rotatable bonds is 2. The zero-order valence-corrected chi connectivity index (χ0v) is 8.74. The predicted molar refractivity (Wildman–Crippen MR) is 58.6 cm³/mol. The van der Waals surface area contributed by atoms with E-state index >= 15 is 0 Å². The van der Waals surface area contributed by atoms with Gasteiger partial charge in [0.05, 0.1) is 6.33 Å². The highest BCUT2D eigenvalue weighted by atomic mass is 16.3. The molecule has 2 aromatic rings. The van der Waals surface area contributed by atoms with Crippen molar-refractivity contribution in [2.24, 2.45) is 5.92 Å². The van der Waals surface area contributed by atoms with Crippen molar-refractivity contribution in [1.29, 1.82) is 0 Å². The molecule has 1 aliphatic carbocycles. The molecule has 0 saturated heterocycles. The summed E-state index contributed by atoms with van der Waals surface area (Å²) in [6.45, 7) is 0.213. The van der Waals surface area contributed by atoms with Crippen LogP contribution in [0.4, 0.5) is 5.82 Å². The molecule has 84 valence electrons. The van der Waals surface area contributed by atoms with Crippen LogP contribution in [0.25, 0.3) is 11.2 Å². The van der Waals surface area contributed by atoms with Crippen LogP contribution in [0.3, 0.4) is 0 Å². The van der Waals surface area contributed by atoms with E-state index in [0.29, 0.717) is 23.3 Å². The van der Waals surface area contributed by atoms with Gasteiger partial charge >= 0.3 is 0 Å². The van der Waals surface area contributed by atoms with Crippen LogP contribution in [0.2, 0.25) is 0 Å². The van der Waals surface area contributed by atoms with E-state index in [9.17, 15) is 5.11 Å². The number of nitrogens with zero attached hydrogens (tertiary/aromatic N) is 4. The highest BCUT2D eigenvalue weighted by Crippen LogP contribution is 2.39. The summed E-state index contributed by atoms with van der Waals surface area (Å²) >= 11 is 0. The molecule has 1 aliphatic rings. The molecule has 2 unspecified atom stereocenters. The van der Waals surface area contributed by atoms with Gasteiger partial charge in [-0.15, -0.1) is 0 Å². The molecule has 16 heavy (non-hydrogen) atoms. The number of aliphatic hydroxyl groups excluding tert-OH is 1. The average Bonchev–Trinajstić information content (AvgIpc) is 2.63. The van der Waals surface area contributed by atoms with Crippen molar-refractivity contribution in [2.75, 3.05) is 12.3 Å². The van der Waals surface area contributed by atoms with Crippen LogP contribution in [-0.2, 0) is 0 Å². The van der Waals surface area contributed by atoms with Gasteiger partial charge in [0.25, 0.3) is 0 Å². The largest absolute Gasteiger partial charge is 0.396 e. The second-order valence-electron chi connectivity index (χ2n) is 4.17. The topological polar surface area (TPSA) is 89.9 Å². The molecule has 2 aromatic heterocycles. The van der Waals surface area contributed by atoms with Crippen LogP contribution in [0.15, 0.2) is 12.7 Å². The van der Waals surface area contributed by atoms with Crippen molar-refractivity contribution in [2.45, 2.75) is 18.9 Å². The van der Waals surface area contributed by atoms with E-state index in [1.54, 1.807) is 6.33 Å². The second kappa shape index (κ2) is 3.41. The molecule has 1 fully saturated rings. The second-order valence-corrected chi connectivity index (χ2v) is 4.17. The number of imidazole rings is 1. The first-order valence-corrected chi connectivity index (χ1v) is 5.35. The number of aromatic nitrogens is 4. The van der Waals surface area contributed by atoms with Gasteiger partial charge in [0.2, 0.25) is 0 Å². The Morgan fingerprint density at radius 3 is 2.94 bits per heavy atom. The number of hydrogen-bond donors (Lipinski definition) is 2. The highest BCUT2D eigenvalue weighted by molar-refractivity contribution is 5.81. The van der Waals surface area contributed by atoms with Crippen LogP contribution in [0.1, 0.15) is 18.9 Å². The van der Waals surface area contributed by atoms with E-state index in [1.807, 2.05) is 4.57 Å². The van der Waals surface area contributed by atoms with E-state index in [-0.39, 0.29) is 6.61 Å². The minimum atomic E-state index is 0.213. The Bertz CT molecular complexity index is 521. The molecule has 3 N–H and O–H groups in total. The first-order chi connectivity index (χ1) is 7.81. The van der Waals surface area contributed by atoms with Gasteiger partial charge in [0.1, 0.15) is 11.8 Å². The summed E-state index contributed by atoms with van der Waals surface area (Å²) in [4.78, 5) is 12.3. The lowest BCUT2D eigenvalue weighted by atomic mass is 9.80. The molecule has 6 heteroatoms. The Morgan fingerprint density at radius 1 is 1.38 bits per heavy atom. The van der Waals surface area contributed by atoms with E-state index in [1.165, 1.54) is 6.33 Å². The zero-order chi connectivity index (χ0) is 11.1. The maximum atomic E-state index is 9.19. The summed E-state index contributed by atoms with van der Waals surface area (Å²) in [6.07, 6.45) is 5.30. The van der Waals surface area contributed by atoms with Crippen molar-refractivity contribution in [3.63, 3.8) is 0 Å². The Labute approximate surface area is 92.1 Å². The molecule has 6 nitrogen and oxygen atoms in total. The lowest BCUT2D eigenvalue weighted by Crippen LogP contribution is -2.31. The molecule has 2 atom stereocenters. The van der Waals surface area contributed by atoms with E-state index in [4.69, 9.17) is 5.73 Å². The van der Waals surface area contributed by atoms with Crippen LogP contribution in [-0.4, -0.2) is 31.2 Å². The highest BCUT2D eigenvalue weighted by Gasteiger charge is 2.32. The van der Waals surface area contributed by atoms with Gasteiger partial charge in [0.15, 0.2) is 11.5 Å². The maximum Gasteiger partial charge on any atom is 0.165 e. The van der Waals surface area contributed by atoms with E-state index in [0.717, 1.165) is 18.5 Å². The Hall–Kier alpha value is -1.69. The van der Waals surface area contributed by atoms with Gasteiger partial charge in [-0.1, -0.05) is 0 Å². The molecular weight excluding hydrogens is 206 g/mol. The van der Waals surface area contributed by atoms with Crippen molar-refractivity contribution in [3.05, 3.63) is 12.7 Å². The Balaban J connectivity index is 2.08. The van der Waals surface area contributed by atoms with Crippen molar-refractivity contribution in [3.8, 4) is 0 Å². The Kier molecular flexibility index (Phi) is 2.03. The maximum absolute atomic E-state index is 9.19. The van der Waals surface area contributed by atoms with E-state index < -0.39 is 0 Å². The molecule has 0 radical (unpaired) electrons. The molecular formula is C10H13N5O. The zero-order valence-electron chi connectivity index (χ0n) is 8.74. The van der Waals surface area contributed by atoms with Crippen LogP contribution >= 0.6 is 0 Å². The van der Waals surface area contributed by atoms with Gasteiger partial charge in [-0.2, -0.15) is 0 Å². The van der Waals surface area contributed by atoms with Crippen molar-refractivity contribution in [1.82, 2.24) is 19.5 Å². The van der Waals surface area contributed by atoms with Crippen LogP contribution in [0.5, 0.6) is 0 Å². The minimum absolute atomic E-state index is 0.213. The predicted octanol–water partition coefficient (Wildman–Crippen LogP) is 0.352. The number of hydrogen-bond acceptors (Lipinski definition) is 5. The summed E-state index contributed by atoms with van der Waals surface area (Å²) in [5.41, 5.74) is 7.12. The molecule has 0 bridgehead atoms. The minimum Gasteiger partial charge on any atom is -0.396 e. The first-order valence-electron chi connectivity index (χ1n) is 5.35. The smallest absolute Gasteiger partial charge is 0.165 e. The normalized spacial score (nSPS) is 24.6. The monoisotopic (exact) mass is 219 g/mol. The van der Waals surface area contributed by atoms with Gasteiger partial charge in [-0.25, -0.2) is 15.0 Å². The number of nitrogen functional groups attached to an aromatic ring is 1. The fourth-order valence-electron chi connectivity index (χ4n) is 2.24. The number of nitrogens with two attached hydrogens (primary N) is 1. The summed E-state index contributed by atoms with van der Waals surface area (Å²) in [5.74, 6) is 0.720. The molecule has 0 amide bonds. The first kappa shape index (κ1) is 9.53. The molecule has 0 aliphatic heterocycles. The quantitative estimate of drug-likeness (QED) is 0.760. The van der Waals surface area contributed by atoms with Crippen LogP contribution < -0.4 is 5.73 Å². The van der Waals surface area contributed by atoms with Crippen molar-refractivity contribution < 1.29 is 5.11 Å². The fourth-order valence-corrected chi connectivity index (χ4v) is 2.24. The summed E-state index contributed by atoms with van der Waals surface area (Å²) in [5, 5.41) is 9.19. The molecule has 0 spiro atoms. The lowest BCUT2D eigenvalue weighted by Gasteiger charge is -2.36. The lowest BCUT2D eigenvalue weighted by molar-refractivity contribution is 0.0993. The van der Waals surface area contributed by atoms with Crippen molar-refractivity contribution >= 4 is 17.0 Å². The number of aliphatic hydroxyl groups is 1. The third kappa shape index (κ3) is 1.19. The third-order valence-corrected chi connectivity index (χ3v) is 3.36. The number of fused-ring (bicyclic) bond motifs is 1. The SMILES string of the molecule is Nc1ncnc2c1ncn2C1CCC1CO. The molecule has 2 heterocycles. The van der Waals surface area contributed by atoms with Crippen LogP contribution in [0, 0.1) is 5.92 Å². The van der Waals surface area contributed by atoms with Gasteiger partial charge in [-0.3, -0.25) is 0 Å². The summed E-state index contributed by atoms with van der Waals surface area (Å²) < 4.78 is 2.00.